The van der Waals surface area contributed by atoms with Crippen molar-refractivity contribution >= 4 is 22.6 Å². The van der Waals surface area contributed by atoms with E-state index in [0.717, 1.165) is 27.5 Å². The summed E-state index contributed by atoms with van der Waals surface area (Å²) in [4.78, 5) is 24.6. The third-order valence-corrected chi connectivity index (χ3v) is 5.16. The molecule has 1 aromatic heterocycles. The van der Waals surface area contributed by atoms with Gasteiger partial charge in [-0.3, -0.25) is 14.3 Å². The van der Waals surface area contributed by atoms with Gasteiger partial charge in [0.2, 0.25) is 11.8 Å². The number of fused-ring (bicyclic) bond motifs is 1. The summed E-state index contributed by atoms with van der Waals surface area (Å²) >= 11 is 0. The fraction of sp³-hybridized carbons (Fsp3) is 0.160. The molecule has 4 rings (SSSR count). The van der Waals surface area contributed by atoms with Crippen molar-refractivity contribution in [2.24, 2.45) is 0 Å². The molecule has 156 valence electrons. The van der Waals surface area contributed by atoms with Crippen LogP contribution in [0.2, 0.25) is 0 Å². The van der Waals surface area contributed by atoms with Crippen LogP contribution in [0, 0.1) is 0 Å². The molecule has 6 heteroatoms. The van der Waals surface area contributed by atoms with Gasteiger partial charge >= 0.3 is 0 Å². The zero-order chi connectivity index (χ0) is 21.5. The van der Waals surface area contributed by atoms with E-state index in [0.29, 0.717) is 13.1 Å². The molecule has 0 radical (unpaired) electrons. The van der Waals surface area contributed by atoms with Crippen molar-refractivity contribution in [3.8, 4) is 0 Å². The molecule has 2 N–H and O–H groups in total. The van der Waals surface area contributed by atoms with Crippen molar-refractivity contribution in [2.45, 2.75) is 19.5 Å². The number of nitrogens with zero attached hydrogens (tertiary/aromatic N) is 2. The zero-order valence-corrected chi connectivity index (χ0v) is 17.1. The van der Waals surface area contributed by atoms with Crippen LogP contribution < -0.4 is 10.6 Å². The Bertz CT molecular complexity index is 1180. The molecule has 0 fully saturated rings. The molecular weight excluding hydrogens is 388 g/mol. The second-order valence-corrected chi connectivity index (χ2v) is 7.34. The van der Waals surface area contributed by atoms with Gasteiger partial charge in [-0.25, -0.2) is 0 Å². The van der Waals surface area contributed by atoms with Crippen molar-refractivity contribution in [1.82, 2.24) is 20.4 Å². The highest BCUT2D eigenvalue weighted by molar-refractivity contribution is 5.91. The van der Waals surface area contributed by atoms with Crippen LogP contribution in [0.25, 0.3) is 10.8 Å². The fourth-order valence-corrected chi connectivity index (χ4v) is 3.57. The molecule has 3 aromatic carbocycles. The van der Waals surface area contributed by atoms with Crippen LogP contribution in [0.4, 0.5) is 0 Å². The lowest BCUT2D eigenvalue weighted by Gasteiger charge is -2.12. The van der Waals surface area contributed by atoms with Gasteiger partial charge in [0.25, 0.3) is 0 Å². The molecular formula is C25H24N4O2. The van der Waals surface area contributed by atoms with Crippen LogP contribution in [0.1, 0.15) is 16.7 Å². The second-order valence-electron chi connectivity index (χ2n) is 7.34. The minimum Gasteiger partial charge on any atom is -0.350 e. The molecule has 2 amide bonds. The summed E-state index contributed by atoms with van der Waals surface area (Å²) in [6, 6.07) is 23.7. The van der Waals surface area contributed by atoms with Crippen LogP contribution in [0.5, 0.6) is 0 Å². The Kier molecular flexibility index (Phi) is 6.38. The van der Waals surface area contributed by atoms with Gasteiger partial charge in [-0.2, -0.15) is 5.10 Å². The van der Waals surface area contributed by atoms with Gasteiger partial charge in [-0.05, 0) is 33.5 Å². The summed E-state index contributed by atoms with van der Waals surface area (Å²) < 4.78 is 1.84. The number of rotatable bonds is 8. The first-order valence-electron chi connectivity index (χ1n) is 10.2. The Morgan fingerprint density at radius 1 is 0.774 bits per heavy atom. The largest absolute Gasteiger partial charge is 0.350 e. The number of carbonyl (C=O) groups excluding carboxylic acids is 2. The molecule has 6 nitrogen and oxygen atoms in total. The van der Waals surface area contributed by atoms with Gasteiger partial charge < -0.3 is 10.6 Å². The lowest BCUT2D eigenvalue weighted by atomic mass is 10.0. The third-order valence-electron chi connectivity index (χ3n) is 5.16. The van der Waals surface area contributed by atoms with Gasteiger partial charge in [0.15, 0.2) is 0 Å². The van der Waals surface area contributed by atoms with E-state index in [1.165, 1.54) is 0 Å². The molecule has 0 saturated heterocycles. The summed E-state index contributed by atoms with van der Waals surface area (Å²) in [5.74, 6) is -0.397. The smallest absolute Gasteiger partial charge is 0.239 e. The Balaban J connectivity index is 1.28. The molecule has 0 spiro atoms. The van der Waals surface area contributed by atoms with Crippen molar-refractivity contribution in [3.63, 3.8) is 0 Å². The minimum atomic E-state index is -0.222. The minimum absolute atomic E-state index is 0.0507. The van der Waals surface area contributed by atoms with E-state index < -0.39 is 0 Å². The second kappa shape index (κ2) is 9.71. The van der Waals surface area contributed by atoms with Crippen molar-refractivity contribution in [3.05, 3.63) is 102 Å². The average Bonchev–Trinajstić information content (AvgIpc) is 3.30. The molecule has 1 heterocycles. The summed E-state index contributed by atoms with van der Waals surface area (Å²) in [7, 11) is 0. The maximum absolute atomic E-state index is 12.4. The highest BCUT2D eigenvalue weighted by Crippen LogP contribution is 2.18. The summed E-state index contributed by atoms with van der Waals surface area (Å²) in [5.41, 5.74) is 3.06. The first-order valence-corrected chi connectivity index (χ1v) is 10.2. The number of benzene rings is 3. The van der Waals surface area contributed by atoms with E-state index in [2.05, 4.69) is 15.7 Å². The summed E-state index contributed by atoms with van der Waals surface area (Å²) in [5, 5.41) is 12.0. The van der Waals surface area contributed by atoms with Crippen LogP contribution >= 0.6 is 0 Å². The number of aromatic nitrogens is 2. The first kappa shape index (κ1) is 20.3. The standard InChI is InChI=1S/C25H24N4O2/c30-24(15-20-11-5-10-19-7-3-4-12-23(19)20)27-17-25(31)26-16-21-8-1-2-9-22(21)18-29-14-6-13-28-29/h1-14H,15-18H2,(H,26,31)(H,27,30). The lowest BCUT2D eigenvalue weighted by molar-refractivity contribution is -0.125. The monoisotopic (exact) mass is 412 g/mol. The van der Waals surface area contributed by atoms with E-state index in [1.54, 1.807) is 6.20 Å². The van der Waals surface area contributed by atoms with Gasteiger partial charge in [0.1, 0.15) is 0 Å². The van der Waals surface area contributed by atoms with Gasteiger partial charge in [-0.1, -0.05) is 66.7 Å². The molecule has 0 aliphatic heterocycles. The number of hydrogen-bond acceptors (Lipinski definition) is 3. The number of carbonyl (C=O) groups is 2. The van der Waals surface area contributed by atoms with Crippen molar-refractivity contribution in [2.75, 3.05) is 6.54 Å². The van der Waals surface area contributed by atoms with E-state index >= 15 is 0 Å². The number of nitrogens with one attached hydrogen (secondary N) is 2. The number of amides is 2. The highest BCUT2D eigenvalue weighted by atomic mass is 16.2. The van der Waals surface area contributed by atoms with E-state index in [9.17, 15) is 9.59 Å². The molecule has 4 aromatic rings. The Morgan fingerprint density at radius 2 is 1.52 bits per heavy atom. The van der Waals surface area contributed by atoms with Crippen molar-refractivity contribution < 1.29 is 9.59 Å². The molecule has 0 atom stereocenters. The third kappa shape index (κ3) is 5.36. The Labute approximate surface area is 180 Å². The van der Waals surface area contributed by atoms with E-state index in [4.69, 9.17) is 0 Å². The molecule has 0 aliphatic rings. The zero-order valence-electron chi connectivity index (χ0n) is 17.1. The lowest BCUT2D eigenvalue weighted by Crippen LogP contribution is -2.37. The predicted molar refractivity (Wildman–Crippen MR) is 120 cm³/mol. The normalized spacial score (nSPS) is 10.7. The topological polar surface area (TPSA) is 76.0 Å². The average molecular weight is 412 g/mol. The molecule has 31 heavy (non-hydrogen) atoms. The quantitative estimate of drug-likeness (QED) is 0.467. The maximum atomic E-state index is 12.4. The molecule has 0 aliphatic carbocycles. The van der Waals surface area contributed by atoms with Crippen LogP contribution in [-0.2, 0) is 29.1 Å². The molecule has 0 unspecified atom stereocenters. The predicted octanol–water partition coefficient (Wildman–Crippen LogP) is 3.06. The van der Waals surface area contributed by atoms with Gasteiger partial charge in [-0.15, -0.1) is 0 Å². The Hall–Kier alpha value is -3.93. The van der Waals surface area contributed by atoms with Crippen LogP contribution in [-0.4, -0.2) is 28.1 Å². The summed E-state index contributed by atoms with van der Waals surface area (Å²) in [6.07, 6.45) is 3.88. The molecule has 0 bridgehead atoms. The van der Waals surface area contributed by atoms with E-state index in [-0.39, 0.29) is 24.8 Å². The Morgan fingerprint density at radius 3 is 2.35 bits per heavy atom. The highest BCUT2D eigenvalue weighted by Gasteiger charge is 2.10. The summed E-state index contributed by atoms with van der Waals surface area (Å²) in [6.45, 7) is 0.987. The van der Waals surface area contributed by atoms with Gasteiger partial charge in [0, 0.05) is 18.9 Å². The number of hydrogen-bond donors (Lipinski definition) is 2. The van der Waals surface area contributed by atoms with E-state index in [1.807, 2.05) is 83.7 Å². The van der Waals surface area contributed by atoms with Crippen molar-refractivity contribution in [1.29, 1.82) is 0 Å². The van der Waals surface area contributed by atoms with Crippen LogP contribution in [0.3, 0.4) is 0 Å². The molecule has 0 saturated carbocycles. The van der Waals surface area contributed by atoms with Gasteiger partial charge in [0.05, 0.1) is 19.5 Å². The SMILES string of the molecule is O=C(CNC(=O)Cc1cccc2ccccc12)NCc1ccccc1Cn1cccn1. The first-order chi connectivity index (χ1) is 15.2. The van der Waals surface area contributed by atoms with Crippen LogP contribution in [0.15, 0.2) is 85.2 Å². The maximum Gasteiger partial charge on any atom is 0.239 e. The fourth-order valence-electron chi connectivity index (χ4n) is 3.57.